The molecule has 1 aromatic rings. The van der Waals surface area contributed by atoms with Crippen molar-refractivity contribution in [2.75, 3.05) is 13.1 Å². The van der Waals surface area contributed by atoms with Crippen LogP contribution in [0.3, 0.4) is 0 Å². The Morgan fingerprint density at radius 2 is 1.88 bits per heavy atom. The maximum atomic E-state index is 11.9. The number of benzene rings is 1. The molecule has 0 radical (unpaired) electrons. The van der Waals surface area contributed by atoms with Gasteiger partial charge in [0.2, 0.25) is 0 Å². The highest BCUT2D eigenvalue weighted by Gasteiger charge is 2.16. The first-order valence-electron chi connectivity index (χ1n) is 4.95. The lowest BCUT2D eigenvalue weighted by Crippen LogP contribution is -2.35. The summed E-state index contributed by atoms with van der Waals surface area (Å²) in [5.74, 6) is -1.44. The first-order valence-corrected chi connectivity index (χ1v) is 4.95. The smallest absolute Gasteiger partial charge is 0.323 e. The van der Waals surface area contributed by atoms with Crippen LogP contribution in [-0.4, -0.2) is 40.1 Å². The Bertz CT molecular complexity index is 425. The van der Waals surface area contributed by atoms with Gasteiger partial charge in [0.15, 0.2) is 0 Å². The van der Waals surface area contributed by atoms with Gasteiger partial charge in [0.25, 0.3) is 5.91 Å². The number of amides is 1. The van der Waals surface area contributed by atoms with E-state index in [1.807, 2.05) is 0 Å². The Morgan fingerprint density at radius 1 is 1.29 bits per heavy atom. The van der Waals surface area contributed by atoms with Gasteiger partial charge in [0, 0.05) is 12.1 Å². The average molecular weight is 235 g/mol. The van der Waals surface area contributed by atoms with Crippen molar-refractivity contribution in [3.8, 4) is 5.75 Å². The van der Waals surface area contributed by atoms with Crippen molar-refractivity contribution < 1.29 is 19.8 Å². The van der Waals surface area contributed by atoms with Gasteiger partial charge >= 0.3 is 5.97 Å². The van der Waals surface area contributed by atoms with Crippen molar-refractivity contribution >= 4 is 11.9 Å². The van der Waals surface area contributed by atoms with Crippen molar-refractivity contribution in [3.05, 3.63) is 42.5 Å². The Morgan fingerprint density at radius 3 is 2.35 bits per heavy atom. The number of aliphatic carboxylic acids is 1. The Labute approximate surface area is 98.6 Å². The third kappa shape index (κ3) is 3.64. The first kappa shape index (κ1) is 12.8. The van der Waals surface area contributed by atoms with Gasteiger partial charge in [-0.05, 0) is 24.3 Å². The highest BCUT2D eigenvalue weighted by Crippen LogP contribution is 2.11. The van der Waals surface area contributed by atoms with E-state index in [2.05, 4.69) is 6.58 Å². The molecule has 0 heterocycles. The summed E-state index contributed by atoms with van der Waals surface area (Å²) in [6.45, 7) is 3.25. The summed E-state index contributed by atoms with van der Waals surface area (Å²) in [5, 5.41) is 17.8. The molecule has 0 bridgehead atoms. The fourth-order valence-corrected chi connectivity index (χ4v) is 1.32. The molecule has 0 atom stereocenters. The third-order valence-electron chi connectivity index (χ3n) is 2.08. The van der Waals surface area contributed by atoms with E-state index in [4.69, 9.17) is 10.2 Å². The van der Waals surface area contributed by atoms with Gasteiger partial charge in [0.1, 0.15) is 12.3 Å². The molecule has 0 saturated heterocycles. The predicted molar refractivity (Wildman–Crippen MR) is 61.8 cm³/mol. The van der Waals surface area contributed by atoms with Crippen LogP contribution < -0.4 is 0 Å². The Kier molecular flexibility index (Phi) is 4.28. The molecule has 0 saturated carbocycles. The SMILES string of the molecule is C=CCN(CC(=O)O)C(=O)c1ccc(O)cc1. The minimum atomic E-state index is -1.08. The lowest BCUT2D eigenvalue weighted by atomic mass is 10.2. The molecule has 0 aromatic heterocycles. The number of phenols is 1. The highest BCUT2D eigenvalue weighted by atomic mass is 16.4. The number of carboxylic acid groups (broad SMARTS) is 1. The normalized spacial score (nSPS) is 9.65. The maximum absolute atomic E-state index is 11.9. The molecule has 1 rings (SSSR count). The van der Waals surface area contributed by atoms with E-state index in [1.54, 1.807) is 0 Å². The summed E-state index contributed by atoms with van der Waals surface area (Å²) in [6.07, 6.45) is 1.46. The van der Waals surface area contributed by atoms with E-state index >= 15 is 0 Å². The van der Waals surface area contributed by atoms with Crippen molar-refractivity contribution in [2.24, 2.45) is 0 Å². The van der Waals surface area contributed by atoms with E-state index < -0.39 is 11.9 Å². The van der Waals surface area contributed by atoms with Crippen molar-refractivity contribution in [1.29, 1.82) is 0 Å². The summed E-state index contributed by atoms with van der Waals surface area (Å²) >= 11 is 0. The van der Waals surface area contributed by atoms with Gasteiger partial charge in [-0.25, -0.2) is 0 Å². The molecule has 0 aliphatic rings. The second-order valence-electron chi connectivity index (χ2n) is 3.41. The zero-order chi connectivity index (χ0) is 12.8. The average Bonchev–Trinajstić information content (AvgIpc) is 2.28. The number of carboxylic acids is 1. The van der Waals surface area contributed by atoms with Crippen LogP contribution in [0.5, 0.6) is 5.75 Å². The van der Waals surface area contributed by atoms with E-state index in [0.29, 0.717) is 5.56 Å². The van der Waals surface area contributed by atoms with E-state index in [-0.39, 0.29) is 18.8 Å². The van der Waals surface area contributed by atoms with Crippen molar-refractivity contribution in [2.45, 2.75) is 0 Å². The molecule has 1 amide bonds. The molecule has 1 aromatic carbocycles. The molecule has 0 aliphatic heterocycles. The van der Waals surface area contributed by atoms with Gasteiger partial charge in [0.05, 0.1) is 0 Å². The lowest BCUT2D eigenvalue weighted by molar-refractivity contribution is -0.137. The molecule has 5 nitrogen and oxygen atoms in total. The molecular weight excluding hydrogens is 222 g/mol. The van der Waals surface area contributed by atoms with Gasteiger partial charge in [-0.15, -0.1) is 6.58 Å². The van der Waals surface area contributed by atoms with Crippen LogP contribution >= 0.6 is 0 Å². The minimum absolute atomic E-state index is 0.0510. The van der Waals surface area contributed by atoms with E-state index in [0.717, 1.165) is 4.90 Å². The Balaban J connectivity index is 2.86. The molecule has 17 heavy (non-hydrogen) atoms. The first-order chi connectivity index (χ1) is 8.04. The predicted octanol–water partition coefficient (Wildman–Crippen LogP) is 1.10. The Hall–Kier alpha value is -2.30. The molecule has 0 unspecified atom stereocenters. The van der Waals surface area contributed by atoms with Crippen LogP contribution in [0.25, 0.3) is 0 Å². The largest absolute Gasteiger partial charge is 0.508 e. The number of carbonyl (C=O) groups is 2. The topological polar surface area (TPSA) is 77.8 Å². The molecule has 0 fully saturated rings. The van der Waals surface area contributed by atoms with E-state index in [1.165, 1.54) is 30.3 Å². The summed E-state index contributed by atoms with van der Waals surface area (Å²) in [6, 6.07) is 5.63. The molecule has 0 aliphatic carbocycles. The monoisotopic (exact) mass is 235 g/mol. The molecular formula is C12H13NO4. The molecule has 0 spiro atoms. The van der Waals surface area contributed by atoms with E-state index in [9.17, 15) is 9.59 Å². The lowest BCUT2D eigenvalue weighted by Gasteiger charge is -2.18. The summed E-state index contributed by atoms with van der Waals surface area (Å²) in [5.41, 5.74) is 0.325. The van der Waals surface area contributed by atoms with Gasteiger partial charge in [-0.3, -0.25) is 9.59 Å². The van der Waals surface area contributed by atoms with Crippen LogP contribution in [0.1, 0.15) is 10.4 Å². The summed E-state index contributed by atoms with van der Waals surface area (Å²) < 4.78 is 0. The zero-order valence-electron chi connectivity index (χ0n) is 9.17. The maximum Gasteiger partial charge on any atom is 0.323 e. The number of phenolic OH excluding ortho intramolecular Hbond substituents is 1. The van der Waals surface area contributed by atoms with Crippen LogP contribution in [0.2, 0.25) is 0 Å². The fraction of sp³-hybridized carbons (Fsp3) is 0.167. The number of hydrogen-bond donors (Lipinski definition) is 2. The third-order valence-corrected chi connectivity index (χ3v) is 2.08. The van der Waals surface area contributed by atoms with Crippen LogP contribution in [0.4, 0.5) is 0 Å². The number of nitrogens with zero attached hydrogens (tertiary/aromatic N) is 1. The quantitative estimate of drug-likeness (QED) is 0.749. The second-order valence-corrected chi connectivity index (χ2v) is 3.41. The minimum Gasteiger partial charge on any atom is -0.508 e. The van der Waals surface area contributed by atoms with Crippen molar-refractivity contribution in [1.82, 2.24) is 4.90 Å². The number of aromatic hydroxyl groups is 1. The summed E-state index contributed by atoms with van der Waals surface area (Å²) in [4.78, 5) is 23.7. The van der Waals surface area contributed by atoms with Gasteiger partial charge in [-0.2, -0.15) is 0 Å². The number of rotatable bonds is 5. The number of hydrogen-bond acceptors (Lipinski definition) is 3. The summed E-state index contributed by atoms with van der Waals surface area (Å²) in [7, 11) is 0. The number of carbonyl (C=O) groups excluding carboxylic acids is 1. The molecule has 5 heteroatoms. The molecule has 90 valence electrons. The van der Waals surface area contributed by atoms with Gasteiger partial charge < -0.3 is 15.1 Å². The van der Waals surface area contributed by atoms with Gasteiger partial charge in [-0.1, -0.05) is 6.08 Å². The fourth-order valence-electron chi connectivity index (χ4n) is 1.32. The van der Waals surface area contributed by atoms with Crippen LogP contribution in [-0.2, 0) is 4.79 Å². The second kappa shape index (κ2) is 5.69. The van der Waals surface area contributed by atoms with Crippen molar-refractivity contribution in [3.63, 3.8) is 0 Å². The highest BCUT2D eigenvalue weighted by molar-refractivity contribution is 5.96. The van der Waals surface area contributed by atoms with Crippen LogP contribution in [0.15, 0.2) is 36.9 Å². The zero-order valence-corrected chi connectivity index (χ0v) is 9.17. The standard InChI is InChI=1S/C12H13NO4/c1-2-7-13(8-11(15)16)12(17)9-3-5-10(14)6-4-9/h2-6,14H,1,7-8H2,(H,15,16). The van der Waals surface area contributed by atoms with Crippen LogP contribution in [0, 0.1) is 0 Å². The molecule has 2 N–H and O–H groups in total.